The van der Waals surface area contributed by atoms with E-state index in [1.54, 1.807) is 21.1 Å². The van der Waals surface area contributed by atoms with Crippen LogP contribution in [-0.4, -0.2) is 38.4 Å². The van der Waals surface area contributed by atoms with Crippen LogP contribution in [0.25, 0.3) is 0 Å². The predicted molar refractivity (Wildman–Crippen MR) is 74.2 cm³/mol. The summed E-state index contributed by atoms with van der Waals surface area (Å²) in [6.07, 6.45) is 0. The van der Waals surface area contributed by atoms with E-state index >= 15 is 0 Å². The molecule has 1 rings (SSSR count). The minimum absolute atomic E-state index is 0.426. The quantitative estimate of drug-likeness (QED) is 0.821. The molecule has 1 aromatic carbocycles. The largest absolute Gasteiger partial charge is 0.497 e. The van der Waals surface area contributed by atoms with Crippen LogP contribution in [0.4, 0.5) is 5.69 Å². The first kappa shape index (κ1) is 15.1. The molecule has 0 aliphatic heterocycles. The summed E-state index contributed by atoms with van der Waals surface area (Å²) in [4.78, 5) is 12.9. The fraction of sp³-hybridized carbons (Fsp3) is 0.500. The van der Waals surface area contributed by atoms with Gasteiger partial charge in [-0.05, 0) is 19.1 Å². The molecule has 0 spiro atoms. The van der Waals surface area contributed by atoms with Crippen LogP contribution >= 0.6 is 0 Å². The van der Waals surface area contributed by atoms with Crippen LogP contribution in [0.5, 0.6) is 11.5 Å². The summed E-state index contributed by atoms with van der Waals surface area (Å²) in [7, 11) is 3.20. The summed E-state index contributed by atoms with van der Waals surface area (Å²) >= 11 is 0. The number of methoxy groups -OCH3 is 2. The molecule has 5 nitrogen and oxygen atoms in total. The van der Waals surface area contributed by atoms with E-state index in [-0.39, 0.29) is 0 Å². The zero-order chi connectivity index (χ0) is 14.4. The van der Waals surface area contributed by atoms with Crippen LogP contribution in [0.3, 0.4) is 0 Å². The monoisotopic (exact) mass is 267 g/mol. The van der Waals surface area contributed by atoms with Gasteiger partial charge in [-0.2, -0.15) is 0 Å². The Labute approximate surface area is 113 Å². The van der Waals surface area contributed by atoms with Gasteiger partial charge in [0.05, 0.1) is 25.8 Å². The molecule has 0 saturated carbocycles. The van der Waals surface area contributed by atoms with Gasteiger partial charge in [0, 0.05) is 19.2 Å². The van der Waals surface area contributed by atoms with Crippen molar-refractivity contribution in [2.24, 2.45) is 5.92 Å². The van der Waals surface area contributed by atoms with E-state index in [0.29, 0.717) is 18.8 Å². The molecule has 0 aromatic heterocycles. The minimum Gasteiger partial charge on any atom is -0.497 e. The Hall–Kier alpha value is -1.91. The van der Waals surface area contributed by atoms with E-state index in [0.717, 1.165) is 11.4 Å². The van der Waals surface area contributed by atoms with E-state index in [1.165, 1.54) is 0 Å². The van der Waals surface area contributed by atoms with E-state index in [9.17, 15) is 4.79 Å². The van der Waals surface area contributed by atoms with Crippen molar-refractivity contribution < 1.29 is 19.4 Å². The van der Waals surface area contributed by atoms with Crippen molar-refractivity contribution in [2.45, 2.75) is 13.8 Å². The molecule has 0 amide bonds. The second kappa shape index (κ2) is 6.87. The number of hydrogen-bond donors (Lipinski definition) is 1. The first-order valence-corrected chi connectivity index (χ1v) is 6.23. The lowest BCUT2D eigenvalue weighted by molar-refractivity contribution is -0.140. The highest BCUT2D eigenvalue weighted by atomic mass is 16.5. The molecule has 0 aliphatic rings. The number of benzene rings is 1. The van der Waals surface area contributed by atoms with Crippen molar-refractivity contribution in [1.82, 2.24) is 0 Å². The van der Waals surface area contributed by atoms with Crippen molar-refractivity contribution in [3.63, 3.8) is 0 Å². The average Bonchev–Trinajstić information content (AvgIpc) is 2.43. The number of carbonyl (C=O) groups is 1. The maximum Gasteiger partial charge on any atom is 0.308 e. The molecule has 19 heavy (non-hydrogen) atoms. The van der Waals surface area contributed by atoms with Gasteiger partial charge in [-0.3, -0.25) is 4.79 Å². The number of carboxylic acid groups (broad SMARTS) is 1. The second-order valence-corrected chi connectivity index (χ2v) is 4.32. The Morgan fingerprint density at radius 3 is 2.53 bits per heavy atom. The van der Waals surface area contributed by atoms with Gasteiger partial charge in [-0.15, -0.1) is 0 Å². The van der Waals surface area contributed by atoms with Crippen molar-refractivity contribution in [2.75, 3.05) is 32.2 Å². The molecule has 5 heteroatoms. The summed E-state index contributed by atoms with van der Waals surface area (Å²) in [5.41, 5.74) is 0.845. The van der Waals surface area contributed by atoms with Crippen molar-refractivity contribution in [3.05, 3.63) is 18.2 Å². The molecule has 0 saturated heterocycles. The zero-order valence-electron chi connectivity index (χ0n) is 11.8. The molecule has 0 heterocycles. The van der Waals surface area contributed by atoms with Gasteiger partial charge >= 0.3 is 5.97 Å². The Bertz CT molecular complexity index is 433. The van der Waals surface area contributed by atoms with Crippen LogP contribution in [-0.2, 0) is 4.79 Å². The van der Waals surface area contributed by atoms with Crippen molar-refractivity contribution >= 4 is 11.7 Å². The van der Waals surface area contributed by atoms with Crippen molar-refractivity contribution in [1.29, 1.82) is 0 Å². The van der Waals surface area contributed by atoms with Crippen LogP contribution in [0.2, 0.25) is 0 Å². The lowest BCUT2D eigenvalue weighted by atomic mass is 10.1. The van der Waals surface area contributed by atoms with E-state index in [4.69, 9.17) is 14.6 Å². The van der Waals surface area contributed by atoms with Crippen LogP contribution in [0.15, 0.2) is 18.2 Å². The number of rotatable bonds is 7. The Morgan fingerprint density at radius 2 is 2.05 bits per heavy atom. The molecule has 1 aromatic rings. The third kappa shape index (κ3) is 3.77. The standard InChI is InChI=1S/C14H21NO4/c1-5-15(9-10(2)14(16)17)12-8-11(18-3)6-7-13(12)19-4/h6-8,10H,5,9H2,1-4H3,(H,16,17). The lowest BCUT2D eigenvalue weighted by Gasteiger charge is -2.27. The Kier molecular flexibility index (Phi) is 5.48. The number of carboxylic acids is 1. The third-order valence-electron chi connectivity index (χ3n) is 3.02. The Morgan fingerprint density at radius 1 is 1.37 bits per heavy atom. The Balaban J connectivity index is 3.04. The molecule has 1 unspecified atom stereocenters. The van der Waals surface area contributed by atoms with E-state index in [2.05, 4.69) is 0 Å². The summed E-state index contributed by atoms with van der Waals surface area (Å²) in [6.45, 7) is 4.79. The summed E-state index contributed by atoms with van der Waals surface area (Å²) < 4.78 is 10.5. The van der Waals surface area contributed by atoms with Gasteiger partial charge < -0.3 is 19.5 Å². The van der Waals surface area contributed by atoms with Gasteiger partial charge in [0.2, 0.25) is 0 Å². The van der Waals surface area contributed by atoms with E-state index < -0.39 is 11.9 Å². The third-order valence-corrected chi connectivity index (χ3v) is 3.02. The van der Waals surface area contributed by atoms with Gasteiger partial charge in [-0.25, -0.2) is 0 Å². The topological polar surface area (TPSA) is 59.0 Å². The smallest absolute Gasteiger partial charge is 0.308 e. The van der Waals surface area contributed by atoms with Gasteiger partial charge in [0.1, 0.15) is 11.5 Å². The highest BCUT2D eigenvalue weighted by Gasteiger charge is 2.18. The minimum atomic E-state index is -0.805. The first-order valence-electron chi connectivity index (χ1n) is 6.23. The summed E-state index contributed by atoms with van der Waals surface area (Å²) in [5.74, 6) is 0.175. The highest BCUT2D eigenvalue weighted by molar-refractivity contribution is 5.71. The molecule has 106 valence electrons. The number of ether oxygens (including phenoxy) is 2. The van der Waals surface area contributed by atoms with Gasteiger partial charge in [0.15, 0.2) is 0 Å². The molecule has 0 fully saturated rings. The molecule has 0 aliphatic carbocycles. The van der Waals surface area contributed by atoms with Crippen molar-refractivity contribution in [3.8, 4) is 11.5 Å². The summed E-state index contributed by atoms with van der Waals surface area (Å²) in [5, 5.41) is 9.02. The number of aliphatic carboxylic acids is 1. The fourth-order valence-corrected chi connectivity index (χ4v) is 1.85. The second-order valence-electron chi connectivity index (χ2n) is 4.32. The highest BCUT2D eigenvalue weighted by Crippen LogP contribution is 2.32. The van der Waals surface area contributed by atoms with Gasteiger partial charge in [-0.1, -0.05) is 6.92 Å². The van der Waals surface area contributed by atoms with Crippen LogP contribution in [0.1, 0.15) is 13.8 Å². The number of nitrogens with zero attached hydrogens (tertiary/aromatic N) is 1. The normalized spacial score (nSPS) is 11.8. The molecule has 0 radical (unpaired) electrons. The molecule has 0 bridgehead atoms. The fourth-order valence-electron chi connectivity index (χ4n) is 1.85. The number of hydrogen-bond acceptors (Lipinski definition) is 4. The maximum atomic E-state index is 11.0. The van der Waals surface area contributed by atoms with Crippen LogP contribution in [0, 0.1) is 5.92 Å². The lowest BCUT2D eigenvalue weighted by Crippen LogP contribution is -2.32. The first-order chi connectivity index (χ1) is 9.03. The van der Waals surface area contributed by atoms with Crippen LogP contribution < -0.4 is 14.4 Å². The SMILES string of the molecule is CCN(CC(C)C(=O)O)c1cc(OC)ccc1OC. The zero-order valence-corrected chi connectivity index (χ0v) is 11.8. The molecule has 1 N–H and O–H groups in total. The molecular weight excluding hydrogens is 246 g/mol. The molecular formula is C14H21NO4. The number of anilines is 1. The van der Waals surface area contributed by atoms with E-state index in [1.807, 2.05) is 30.0 Å². The predicted octanol–water partition coefficient (Wildman–Crippen LogP) is 2.25. The summed E-state index contributed by atoms with van der Waals surface area (Å²) in [6, 6.07) is 5.50. The maximum absolute atomic E-state index is 11.0. The van der Waals surface area contributed by atoms with Gasteiger partial charge in [0.25, 0.3) is 0 Å². The molecule has 1 atom stereocenters. The average molecular weight is 267 g/mol.